The summed E-state index contributed by atoms with van der Waals surface area (Å²) in [5.41, 5.74) is -22.1. The lowest BCUT2D eigenvalue weighted by molar-refractivity contribution is -0.138. The van der Waals surface area contributed by atoms with Gasteiger partial charge in [-0.05, 0) is 190 Å². The van der Waals surface area contributed by atoms with Crippen molar-refractivity contribution in [2.24, 2.45) is 0 Å². The minimum absolute atomic E-state index is 0.239. The lowest BCUT2D eigenvalue weighted by Crippen LogP contribution is -2.06. The highest BCUT2D eigenvalue weighted by Gasteiger charge is 2.40. The minimum atomic E-state index is -5.24. The molecule has 2 aliphatic rings. The average molecular weight is 1980 g/mol. The molecule has 0 radical (unpaired) electrons. The Balaban J connectivity index is 1.21. The maximum absolute atomic E-state index is 16.2. The Bertz CT molecular complexity index is 5620. The average Bonchev–Trinajstić information content (AvgIpc) is 1.61. The van der Waals surface area contributed by atoms with Crippen LogP contribution in [-0.2, 0) is 95.4 Å². The molecule has 8 nitrogen and oxygen atoms in total. The van der Waals surface area contributed by atoms with E-state index < -0.39 is 316 Å². The van der Waals surface area contributed by atoms with Crippen molar-refractivity contribution in [2.45, 2.75) is 115 Å². The first kappa shape index (κ1) is 96.2. The summed E-state index contributed by atoms with van der Waals surface area (Å²) in [4.78, 5) is 28.4. The van der Waals surface area contributed by atoms with E-state index in [2.05, 4.69) is 19.9 Å². The van der Waals surface area contributed by atoms with Crippen LogP contribution in [0.5, 0.6) is 0 Å². The molecule has 2 aliphatic heterocycles. The monoisotopic (exact) mass is 1980 g/mol. The van der Waals surface area contributed by atoms with Crippen molar-refractivity contribution in [3.63, 3.8) is 0 Å². The Labute approximate surface area is 731 Å². The summed E-state index contributed by atoms with van der Waals surface area (Å²) < 4.78 is 479. The molecule has 3 aromatic heterocycles. The zero-order valence-corrected chi connectivity index (χ0v) is 69.1. The Morgan fingerprint density at radius 3 is 0.453 bits per heavy atom. The number of benzene rings is 8. The molecule has 0 atom stereocenters. The third kappa shape index (κ3) is 22.6. The van der Waals surface area contributed by atoms with Crippen LogP contribution in [0.2, 0.25) is 0 Å². The van der Waals surface area contributed by atoms with E-state index in [9.17, 15) is 105 Å². The van der Waals surface area contributed by atoms with Crippen LogP contribution in [0, 0.1) is 46.5 Å². The molecule has 128 heavy (non-hydrogen) atoms. The van der Waals surface area contributed by atoms with E-state index in [1.807, 2.05) is 0 Å². The van der Waals surface area contributed by atoms with Crippen LogP contribution in [0.15, 0.2) is 165 Å². The number of H-pyrrole nitrogens is 2. The van der Waals surface area contributed by atoms with Crippen LogP contribution >= 0.6 is 94.1 Å². The van der Waals surface area contributed by atoms with Crippen molar-refractivity contribution in [3.8, 4) is 0 Å². The van der Waals surface area contributed by atoms with Gasteiger partial charge in [0.05, 0.1) is 83.7 Å². The normalized spacial score (nSPS) is 13.4. The Morgan fingerprint density at radius 1 is 0.188 bits per heavy atom. The zero-order chi connectivity index (χ0) is 93.0. The predicted molar refractivity (Wildman–Crippen MR) is 420 cm³/mol. The molecule has 0 saturated heterocycles. The minimum Gasteiger partial charge on any atom is -0.323 e. The molecular formula is C80H42F32N8S8. The van der Waals surface area contributed by atoms with Gasteiger partial charge < -0.3 is 9.97 Å². The number of hydrogen-bond donors (Lipinski definition) is 2. The highest BCUT2D eigenvalue weighted by molar-refractivity contribution is 8.13. The van der Waals surface area contributed by atoms with Gasteiger partial charge >= 0.3 is 49.4 Å². The number of thioether (sulfide) groups is 8. The molecular weight excluding hydrogens is 1940 g/mol. The van der Waals surface area contributed by atoms with Gasteiger partial charge in [-0.25, -0.2) is 65.0 Å². The topological polar surface area (TPSA) is 109 Å². The quantitative estimate of drug-likeness (QED) is 0.0442. The van der Waals surface area contributed by atoms with Crippen molar-refractivity contribution in [1.29, 1.82) is 0 Å². The fraction of sp³-hybridized carbons (Fsp3) is 0.200. The Hall–Kier alpha value is -9.36. The van der Waals surface area contributed by atoms with E-state index in [4.69, 9.17) is 19.9 Å². The second-order valence-electron chi connectivity index (χ2n) is 27.0. The molecule has 13 rings (SSSR count). The van der Waals surface area contributed by atoms with E-state index in [1.54, 1.807) is 0 Å². The molecule has 0 saturated carbocycles. The summed E-state index contributed by atoms with van der Waals surface area (Å²) in [7, 11) is 0. The molecule has 8 aromatic carbocycles. The van der Waals surface area contributed by atoms with Gasteiger partial charge in [0.2, 0.25) is 0 Å². The number of aromatic amines is 2. The van der Waals surface area contributed by atoms with E-state index in [1.165, 1.54) is 0 Å². The van der Waals surface area contributed by atoms with Crippen LogP contribution in [0.3, 0.4) is 0 Å². The lowest BCUT2D eigenvalue weighted by Gasteiger charge is -2.12. The largest absolute Gasteiger partial charge is 0.416 e. The van der Waals surface area contributed by atoms with Gasteiger partial charge in [0.1, 0.15) is 69.1 Å². The zero-order valence-electron chi connectivity index (χ0n) is 62.6. The predicted octanol–water partition coefficient (Wildman–Crippen LogP) is 29.7. The highest BCUT2D eigenvalue weighted by atomic mass is 32.2. The number of aromatic nitrogens is 8. The van der Waals surface area contributed by atoms with E-state index in [0.717, 1.165) is 0 Å². The number of rotatable bonds is 24. The number of halogens is 32. The summed E-state index contributed by atoms with van der Waals surface area (Å²) in [6, 6.07) is 7.81. The Morgan fingerprint density at radius 2 is 0.320 bits per heavy atom. The molecule has 2 N–H and O–H groups in total. The fourth-order valence-electron chi connectivity index (χ4n) is 11.9. The van der Waals surface area contributed by atoms with Gasteiger partial charge in [0.25, 0.3) is 0 Å². The maximum Gasteiger partial charge on any atom is 0.416 e. The SMILES string of the molecule is Fc1ccc(C(F)(F)F)cc1CSC1=C(SCc2cc(C(F)(F)F)ccc2F)c2nc1nc1[nH]c(nc3nc(nc4[nH]c(n2)c(SCc2cc(C(F)(F)F)ccc2F)c4SCc2cc(C(F)(F)F)ccc2F)C(SCc2cc(C(F)(F)F)ccc2F)=C3SCc2cc(C(F)(F)F)ccc2F)c(SCc2cc(C(F)(F)F)ccc2F)c1SCc1cc(C(F)(F)F)ccc1F. The second-order valence-corrected chi connectivity index (χ2v) is 34.9. The third-order valence-corrected chi connectivity index (χ3v) is 27.8. The van der Waals surface area contributed by atoms with Gasteiger partial charge in [-0.2, -0.15) is 105 Å². The molecule has 0 aliphatic carbocycles. The standard InChI is InChI=1S/C80H42F32N8S8/c81-49-9-1-41(73(89,90)91)17-33(49)25-121-57-58(122-26-34-18-42(74(92,93)94)2-10-50(34)82)66-113-65(57)117-67-59(123-27-35-19-43(75(95,96)97)3-11-51(35)83)60(124-28-36-20-44(76(98,99)100)4-12-52(36)84)69(114-67)119-71-63(127-31-39-23-47(79(107,108)109)7-15-55(39)87)64(128-32-40-24-48(80(110,111)112)8-16-56(40)88)72(116-71)120-70-62(126-30-38-22-46(78(104,105)106)6-14-54(38)86)61(68(115-70)118-66)125-29-37-21-45(77(101,102)103)5-13-53(37)85/h1-24H,25-32H2,(H2,113,114,115,116,117,118,119,120). The van der Waals surface area contributed by atoms with Crippen molar-refractivity contribution in [3.05, 3.63) is 304 Å². The summed E-state index contributed by atoms with van der Waals surface area (Å²) in [5, 5.41) is 0. The van der Waals surface area contributed by atoms with Gasteiger partial charge in [-0.3, -0.25) is 0 Å². The maximum atomic E-state index is 16.2. The number of nitrogens with one attached hydrogen (secondary N) is 2. The molecule has 48 heteroatoms. The third-order valence-electron chi connectivity index (χ3n) is 18.2. The van der Waals surface area contributed by atoms with Crippen molar-refractivity contribution < 1.29 is 140 Å². The van der Waals surface area contributed by atoms with Crippen molar-refractivity contribution >= 4 is 136 Å². The second kappa shape index (κ2) is 37.5. The van der Waals surface area contributed by atoms with Gasteiger partial charge in [-0.15, -0.1) is 94.1 Å². The lowest BCUT2D eigenvalue weighted by atomic mass is 10.1. The molecule has 674 valence electrons. The van der Waals surface area contributed by atoms with Gasteiger partial charge in [0.15, 0.2) is 23.3 Å². The van der Waals surface area contributed by atoms with E-state index >= 15 is 35.1 Å². The first-order chi connectivity index (χ1) is 59.7. The fourth-order valence-corrected chi connectivity index (χ4v) is 21.1. The van der Waals surface area contributed by atoms with Crippen LogP contribution < -0.4 is 0 Å². The molecule has 11 aromatic rings. The summed E-state index contributed by atoms with van der Waals surface area (Å²) in [6.45, 7) is 0. The summed E-state index contributed by atoms with van der Waals surface area (Å²) in [6.07, 6.45) is -41.9. The smallest absolute Gasteiger partial charge is 0.323 e. The number of hydrogen-bond acceptors (Lipinski definition) is 14. The van der Waals surface area contributed by atoms with Crippen molar-refractivity contribution in [2.75, 3.05) is 0 Å². The van der Waals surface area contributed by atoms with E-state index in [-0.39, 0.29) is 94.1 Å². The summed E-state index contributed by atoms with van der Waals surface area (Å²) >= 11 is 1.96. The first-order valence-electron chi connectivity index (χ1n) is 35.4. The molecule has 0 unspecified atom stereocenters. The Kier molecular flexibility index (Phi) is 28.2. The van der Waals surface area contributed by atoms with Crippen LogP contribution in [0.1, 0.15) is 112 Å². The van der Waals surface area contributed by atoms with Crippen LogP contribution in [-0.4, -0.2) is 39.9 Å². The van der Waals surface area contributed by atoms with Crippen molar-refractivity contribution in [1.82, 2.24) is 39.9 Å². The van der Waals surface area contributed by atoms with Crippen LogP contribution in [0.25, 0.3) is 42.2 Å². The van der Waals surface area contributed by atoms with E-state index in [0.29, 0.717) is 146 Å². The number of alkyl halides is 24. The molecule has 0 amide bonds. The van der Waals surface area contributed by atoms with Gasteiger partial charge in [0, 0.05) is 46.0 Å². The number of nitrogens with zero attached hydrogens (tertiary/aromatic N) is 6. The molecule has 5 heterocycles. The summed E-state index contributed by atoms with van der Waals surface area (Å²) in [5.74, 6) is -23.2. The van der Waals surface area contributed by atoms with Gasteiger partial charge in [-0.1, -0.05) is 0 Å². The number of fused-ring (bicyclic) bond motifs is 8. The molecule has 8 bridgehead atoms. The molecule has 0 spiro atoms. The first-order valence-corrected chi connectivity index (χ1v) is 43.3. The highest BCUT2D eigenvalue weighted by Crippen LogP contribution is 2.53. The van der Waals surface area contributed by atoms with Crippen LogP contribution in [0.4, 0.5) is 140 Å². The molecule has 0 fully saturated rings.